The Kier molecular flexibility index (Phi) is 4.29. The smallest absolute Gasteiger partial charge is 0.262 e. The predicted octanol–water partition coefficient (Wildman–Crippen LogP) is 4.74. The Labute approximate surface area is 136 Å². The van der Waals surface area contributed by atoms with E-state index in [1.807, 2.05) is 74.5 Å². The topological polar surface area (TPSA) is 33.5 Å². The monoisotopic (exact) mass is 305 g/mol. The minimum absolute atomic E-state index is 0.0381. The Hall–Kier alpha value is -2.81. The van der Waals surface area contributed by atoms with E-state index in [-0.39, 0.29) is 5.91 Å². The number of carbonyl (C=O) groups is 1. The fourth-order valence-electron chi connectivity index (χ4n) is 2.68. The number of para-hydroxylation sites is 1. The molecule has 3 aromatic rings. The van der Waals surface area contributed by atoms with Gasteiger partial charge in [0.2, 0.25) is 0 Å². The Morgan fingerprint density at radius 3 is 2.13 bits per heavy atom. The zero-order valence-electron chi connectivity index (χ0n) is 13.3. The summed E-state index contributed by atoms with van der Waals surface area (Å²) in [6, 6.07) is 19.7. The Morgan fingerprint density at radius 2 is 1.57 bits per heavy atom. The highest BCUT2D eigenvalue weighted by Gasteiger charge is 2.23. The van der Waals surface area contributed by atoms with Crippen molar-refractivity contribution < 1.29 is 9.21 Å². The van der Waals surface area contributed by atoms with Crippen LogP contribution in [0, 0.1) is 13.8 Å². The van der Waals surface area contributed by atoms with Crippen molar-refractivity contribution in [3.8, 4) is 0 Å². The molecule has 0 fully saturated rings. The first-order valence-electron chi connectivity index (χ1n) is 7.62. The molecule has 0 aliphatic heterocycles. The molecule has 3 nitrogen and oxygen atoms in total. The summed E-state index contributed by atoms with van der Waals surface area (Å²) in [7, 11) is 0. The van der Waals surface area contributed by atoms with E-state index in [0.717, 1.165) is 16.8 Å². The summed E-state index contributed by atoms with van der Waals surface area (Å²) < 4.78 is 5.41. The maximum absolute atomic E-state index is 13.1. The fourth-order valence-corrected chi connectivity index (χ4v) is 2.68. The van der Waals surface area contributed by atoms with Crippen molar-refractivity contribution in [2.24, 2.45) is 0 Å². The molecule has 0 aliphatic rings. The van der Waals surface area contributed by atoms with Crippen molar-refractivity contribution >= 4 is 11.6 Å². The molecule has 0 N–H and O–H groups in total. The van der Waals surface area contributed by atoms with Crippen LogP contribution in [0.4, 0.5) is 5.69 Å². The van der Waals surface area contributed by atoms with Crippen LogP contribution in [0.3, 0.4) is 0 Å². The number of anilines is 1. The summed E-state index contributed by atoms with van der Waals surface area (Å²) in [5.41, 5.74) is 3.47. The third kappa shape index (κ3) is 3.19. The maximum Gasteiger partial charge on any atom is 0.262 e. The first-order chi connectivity index (χ1) is 11.2. The van der Waals surface area contributed by atoms with Gasteiger partial charge in [-0.25, -0.2) is 0 Å². The van der Waals surface area contributed by atoms with Crippen LogP contribution in [-0.4, -0.2) is 5.91 Å². The van der Waals surface area contributed by atoms with E-state index in [4.69, 9.17) is 4.42 Å². The first-order valence-corrected chi connectivity index (χ1v) is 7.62. The number of aryl methyl sites for hydroxylation is 2. The SMILES string of the molecule is Cc1coc(C)c1C(=O)N(Cc1ccccc1)c1ccccc1. The lowest BCUT2D eigenvalue weighted by Gasteiger charge is -2.23. The van der Waals surface area contributed by atoms with Crippen LogP contribution >= 0.6 is 0 Å². The molecule has 0 saturated carbocycles. The molecule has 23 heavy (non-hydrogen) atoms. The van der Waals surface area contributed by atoms with E-state index >= 15 is 0 Å². The summed E-state index contributed by atoms with van der Waals surface area (Å²) >= 11 is 0. The Morgan fingerprint density at radius 1 is 0.957 bits per heavy atom. The van der Waals surface area contributed by atoms with Crippen molar-refractivity contribution in [1.29, 1.82) is 0 Å². The maximum atomic E-state index is 13.1. The molecule has 0 unspecified atom stereocenters. The van der Waals surface area contributed by atoms with E-state index in [2.05, 4.69) is 0 Å². The van der Waals surface area contributed by atoms with E-state index in [1.165, 1.54) is 0 Å². The molecule has 0 radical (unpaired) electrons. The largest absolute Gasteiger partial charge is 0.469 e. The number of nitrogens with zero attached hydrogens (tertiary/aromatic N) is 1. The summed E-state index contributed by atoms with van der Waals surface area (Å²) in [6.07, 6.45) is 1.63. The van der Waals surface area contributed by atoms with Crippen molar-refractivity contribution in [2.45, 2.75) is 20.4 Å². The molecule has 3 heteroatoms. The van der Waals surface area contributed by atoms with Gasteiger partial charge in [-0.05, 0) is 31.5 Å². The van der Waals surface area contributed by atoms with Crippen molar-refractivity contribution in [1.82, 2.24) is 0 Å². The molecular formula is C20H19NO2. The molecule has 2 aromatic carbocycles. The van der Waals surface area contributed by atoms with Crippen molar-refractivity contribution in [3.63, 3.8) is 0 Å². The summed E-state index contributed by atoms with van der Waals surface area (Å²) in [5.74, 6) is 0.616. The second-order valence-electron chi connectivity index (χ2n) is 5.56. The number of carbonyl (C=O) groups excluding carboxylic acids is 1. The molecule has 116 valence electrons. The minimum Gasteiger partial charge on any atom is -0.469 e. The minimum atomic E-state index is -0.0381. The van der Waals surface area contributed by atoms with Gasteiger partial charge < -0.3 is 9.32 Å². The lowest BCUT2D eigenvalue weighted by molar-refractivity contribution is 0.0983. The van der Waals surface area contributed by atoms with Crippen LogP contribution in [0.5, 0.6) is 0 Å². The summed E-state index contributed by atoms with van der Waals surface area (Å²) in [5, 5.41) is 0. The van der Waals surface area contributed by atoms with Crippen LogP contribution in [0.2, 0.25) is 0 Å². The fraction of sp³-hybridized carbons (Fsp3) is 0.150. The average molecular weight is 305 g/mol. The molecule has 0 bridgehead atoms. The van der Waals surface area contributed by atoms with Crippen molar-refractivity contribution in [3.05, 3.63) is 89.4 Å². The van der Waals surface area contributed by atoms with Crippen LogP contribution < -0.4 is 4.90 Å². The van der Waals surface area contributed by atoms with Gasteiger partial charge in [-0.1, -0.05) is 48.5 Å². The van der Waals surface area contributed by atoms with Crippen LogP contribution in [0.25, 0.3) is 0 Å². The van der Waals surface area contributed by atoms with Gasteiger partial charge in [0.05, 0.1) is 18.4 Å². The number of hydrogen-bond donors (Lipinski definition) is 0. The van der Waals surface area contributed by atoms with Gasteiger partial charge in [0.1, 0.15) is 5.76 Å². The van der Waals surface area contributed by atoms with Gasteiger partial charge in [0, 0.05) is 11.3 Å². The van der Waals surface area contributed by atoms with Crippen molar-refractivity contribution in [2.75, 3.05) is 4.90 Å². The molecule has 0 saturated heterocycles. The van der Waals surface area contributed by atoms with Gasteiger partial charge in [-0.15, -0.1) is 0 Å². The molecule has 1 amide bonds. The number of benzene rings is 2. The zero-order chi connectivity index (χ0) is 16.2. The Bertz CT molecular complexity index is 772. The highest BCUT2D eigenvalue weighted by atomic mass is 16.3. The second kappa shape index (κ2) is 6.53. The molecule has 0 aliphatic carbocycles. The molecule has 1 aromatic heterocycles. The first kappa shape index (κ1) is 15.1. The van der Waals surface area contributed by atoms with E-state index < -0.39 is 0 Å². The van der Waals surface area contributed by atoms with Gasteiger partial charge >= 0.3 is 0 Å². The second-order valence-corrected chi connectivity index (χ2v) is 5.56. The zero-order valence-corrected chi connectivity index (χ0v) is 13.3. The molecule has 3 rings (SSSR count). The third-order valence-corrected chi connectivity index (χ3v) is 3.87. The van der Waals surface area contributed by atoms with E-state index in [9.17, 15) is 4.79 Å². The standard InChI is InChI=1S/C20H19NO2/c1-15-14-23-16(2)19(15)20(22)21(18-11-7-4-8-12-18)13-17-9-5-3-6-10-17/h3-12,14H,13H2,1-2H3. The molecule has 0 spiro atoms. The summed E-state index contributed by atoms with van der Waals surface area (Å²) in [4.78, 5) is 14.9. The van der Waals surface area contributed by atoms with Gasteiger partial charge in [0.15, 0.2) is 0 Å². The van der Waals surface area contributed by atoms with Gasteiger partial charge in [0.25, 0.3) is 5.91 Å². The highest BCUT2D eigenvalue weighted by Crippen LogP contribution is 2.24. The molecule has 0 atom stereocenters. The van der Waals surface area contributed by atoms with Gasteiger partial charge in [-0.3, -0.25) is 4.79 Å². The number of furan rings is 1. The quantitative estimate of drug-likeness (QED) is 0.697. The van der Waals surface area contributed by atoms with E-state index in [1.54, 1.807) is 11.2 Å². The van der Waals surface area contributed by atoms with Crippen LogP contribution in [-0.2, 0) is 6.54 Å². The molecule has 1 heterocycles. The molecular weight excluding hydrogens is 286 g/mol. The highest BCUT2D eigenvalue weighted by molar-refractivity contribution is 6.07. The van der Waals surface area contributed by atoms with Gasteiger partial charge in [-0.2, -0.15) is 0 Å². The average Bonchev–Trinajstić information content (AvgIpc) is 2.92. The lowest BCUT2D eigenvalue weighted by Crippen LogP contribution is -2.31. The lowest BCUT2D eigenvalue weighted by atomic mass is 10.1. The Balaban J connectivity index is 2.00. The summed E-state index contributed by atoms with van der Waals surface area (Å²) in [6.45, 7) is 4.25. The van der Waals surface area contributed by atoms with Crippen LogP contribution in [0.15, 0.2) is 71.3 Å². The van der Waals surface area contributed by atoms with Crippen LogP contribution in [0.1, 0.15) is 27.2 Å². The number of amides is 1. The number of rotatable bonds is 4. The predicted molar refractivity (Wildman–Crippen MR) is 91.6 cm³/mol. The third-order valence-electron chi connectivity index (χ3n) is 3.87. The number of hydrogen-bond acceptors (Lipinski definition) is 2. The van der Waals surface area contributed by atoms with E-state index in [0.29, 0.717) is 17.9 Å². The normalized spacial score (nSPS) is 10.5.